The molecule has 2 heteroatoms. The maximum absolute atomic E-state index is 5.95. The van der Waals surface area contributed by atoms with Crippen LogP contribution in [-0.2, 0) is 9.47 Å². The van der Waals surface area contributed by atoms with Gasteiger partial charge in [0.05, 0.1) is 12.7 Å². The number of ether oxygens (including phenoxy) is 2. The van der Waals surface area contributed by atoms with Gasteiger partial charge in [-0.15, -0.1) is 0 Å². The molecule has 0 bridgehead atoms. The van der Waals surface area contributed by atoms with Crippen LogP contribution >= 0.6 is 0 Å². The van der Waals surface area contributed by atoms with Crippen LogP contribution in [0.3, 0.4) is 0 Å². The molecule has 0 heterocycles. The van der Waals surface area contributed by atoms with Crippen molar-refractivity contribution in [3.8, 4) is 0 Å². The van der Waals surface area contributed by atoms with E-state index in [1.54, 1.807) is 0 Å². The highest BCUT2D eigenvalue weighted by molar-refractivity contribution is 4.75. The molecule has 0 aromatic heterocycles. The van der Waals surface area contributed by atoms with Gasteiger partial charge >= 0.3 is 0 Å². The van der Waals surface area contributed by atoms with E-state index >= 15 is 0 Å². The van der Waals surface area contributed by atoms with Gasteiger partial charge in [-0.25, -0.2) is 0 Å². The Morgan fingerprint density at radius 3 is 2.67 bits per heavy atom. The van der Waals surface area contributed by atoms with E-state index in [1.165, 1.54) is 38.5 Å². The first-order valence-electron chi connectivity index (χ1n) is 6.57. The van der Waals surface area contributed by atoms with E-state index in [1.807, 2.05) is 0 Å². The molecule has 1 aliphatic carbocycles. The molecule has 0 aromatic carbocycles. The summed E-state index contributed by atoms with van der Waals surface area (Å²) < 4.78 is 11.5. The molecule has 0 saturated heterocycles. The zero-order valence-electron chi connectivity index (χ0n) is 10.3. The molecule has 0 N–H and O–H groups in total. The van der Waals surface area contributed by atoms with Crippen molar-refractivity contribution in [1.29, 1.82) is 0 Å². The van der Waals surface area contributed by atoms with Crippen LogP contribution in [0.15, 0.2) is 0 Å². The van der Waals surface area contributed by atoms with Crippen molar-refractivity contribution in [3.63, 3.8) is 0 Å². The van der Waals surface area contributed by atoms with Gasteiger partial charge in [0.1, 0.15) is 0 Å². The standard InChI is InChI=1S/C13H26O2/c1-3-5-10-15-13-9-7-6-8-12(13)11-14-4-2/h12-13H,3-11H2,1-2H3. The van der Waals surface area contributed by atoms with Gasteiger partial charge < -0.3 is 9.47 Å². The molecule has 15 heavy (non-hydrogen) atoms. The maximum atomic E-state index is 5.95. The second-order valence-corrected chi connectivity index (χ2v) is 4.47. The summed E-state index contributed by atoms with van der Waals surface area (Å²) in [4.78, 5) is 0. The van der Waals surface area contributed by atoms with Crippen LogP contribution in [0.2, 0.25) is 0 Å². The zero-order valence-corrected chi connectivity index (χ0v) is 10.3. The molecule has 1 saturated carbocycles. The molecule has 2 atom stereocenters. The first-order chi connectivity index (χ1) is 7.38. The van der Waals surface area contributed by atoms with Crippen LogP contribution in [0.4, 0.5) is 0 Å². The Balaban J connectivity index is 2.22. The van der Waals surface area contributed by atoms with Gasteiger partial charge in [-0.3, -0.25) is 0 Å². The molecule has 0 aliphatic heterocycles. The minimum Gasteiger partial charge on any atom is -0.381 e. The molecule has 1 aliphatic rings. The van der Waals surface area contributed by atoms with Crippen molar-refractivity contribution in [2.24, 2.45) is 5.92 Å². The lowest BCUT2D eigenvalue weighted by molar-refractivity contribution is -0.0419. The fourth-order valence-corrected chi connectivity index (χ4v) is 2.23. The zero-order chi connectivity index (χ0) is 10.9. The van der Waals surface area contributed by atoms with Gasteiger partial charge in [-0.1, -0.05) is 26.2 Å². The molecule has 1 rings (SSSR count). The van der Waals surface area contributed by atoms with E-state index in [2.05, 4.69) is 13.8 Å². The third kappa shape index (κ3) is 4.98. The summed E-state index contributed by atoms with van der Waals surface area (Å²) in [5.41, 5.74) is 0. The topological polar surface area (TPSA) is 18.5 Å². The van der Waals surface area contributed by atoms with E-state index in [0.717, 1.165) is 19.8 Å². The van der Waals surface area contributed by atoms with Gasteiger partial charge in [-0.05, 0) is 26.2 Å². The first kappa shape index (κ1) is 13.0. The van der Waals surface area contributed by atoms with Crippen molar-refractivity contribution < 1.29 is 9.47 Å². The van der Waals surface area contributed by atoms with E-state index in [0.29, 0.717) is 12.0 Å². The molecule has 0 aromatic rings. The van der Waals surface area contributed by atoms with E-state index < -0.39 is 0 Å². The number of hydrogen-bond donors (Lipinski definition) is 0. The van der Waals surface area contributed by atoms with Crippen LogP contribution in [0, 0.1) is 5.92 Å². The fraction of sp³-hybridized carbons (Fsp3) is 1.00. The molecule has 2 nitrogen and oxygen atoms in total. The van der Waals surface area contributed by atoms with E-state index in [4.69, 9.17) is 9.47 Å². The average molecular weight is 214 g/mol. The number of hydrogen-bond acceptors (Lipinski definition) is 2. The smallest absolute Gasteiger partial charge is 0.0625 e. The molecular formula is C13H26O2. The molecule has 0 amide bonds. The Morgan fingerprint density at radius 1 is 1.13 bits per heavy atom. The highest BCUT2D eigenvalue weighted by Crippen LogP contribution is 2.27. The van der Waals surface area contributed by atoms with Crippen LogP contribution in [0.25, 0.3) is 0 Å². The third-order valence-corrected chi connectivity index (χ3v) is 3.21. The Hall–Kier alpha value is -0.0800. The lowest BCUT2D eigenvalue weighted by Gasteiger charge is -2.31. The Labute approximate surface area is 94.3 Å². The molecular weight excluding hydrogens is 188 g/mol. The van der Waals surface area contributed by atoms with Gasteiger partial charge in [0.15, 0.2) is 0 Å². The van der Waals surface area contributed by atoms with Crippen molar-refractivity contribution in [2.75, 3.05) is 19.8 Å². The van der Waals surface area contributed by atoms with Gasteiger partial charge in [0.2, 0.25) is 0 Å². The molecule has 2 unspecified atom stereocenters. The van der Waals surface area contributed by atoms with Gasteiger partial charge in [0, 0.05) is 19.1 Å². The predicted octanol–water partition coefficient (Wildman–Crippen LogP) is 3.40. The third-order valence-electron chi connectivity index (χ3n) is 3.21. The summed E-state index contributed by atoms with van der Waals surface area (Å²) in [7, 11) is 0. The first-order valence-corrected chi connectivity index (χ1v) is 6.57. The summed E-state index contributed by atoms with van der Waals surface area (Å²) in [6.07, 6.45) is 8.10. The largest absolute Gasteiger partial charge is 0.381 e. The van der Waals surface area contributed by atoms with Crippen molar-refractivity contribution in [2.45, 2.75) is 58.5 Å². The van der Waals surface area contributed by atoms with Crippen LogP contribution in [0.1, 0.15) is 52.4 Å². The predicted molar refractivity (Wildman–Crippen MR) is 63.1 cm³/mol. The monoisotopic (exact) mass is 214 g/mol. The highest BCUT2D eigenvalue weighted by atomic mass is 16.5. The SMILES string of the molecule is CCCCOC1CCCCC1COCC. The maximum Gasteiger partial charge on any atom is 0.0625 e. The summed E-state index contributed by atoms with van der Waals surface area (Å²) in [5.74, 6) is 0.649. The minimum absolute atomic E-state index is 0.469. The minimum atomic E-state index is 0.469. The Bertz CT molecular complexity index is 147. The second-order valence-electron chi connectivity index (χ2n) is 4.47. The van der Waals surface area contributed by atoms with E-state index in [-0.39, 0.29) is 0 Å². The van der Waals surface area contributed by atoms with Crippen molar-refractivity contribution in [3.05, 3.63) is 0 Å². The van der Waals surface area contributed by atoms with Crippen LogP contribution in [0.5, 0.6) is 0 Å². The molecule has 90 valence electrons. The Kier molecular flexibility index (Phi) is 7.03. The Morgan fingerprint density at radius 2 is 1.93 bits per heavy atom. The molecule has 0 radical (unpaired) electrons. The average Bonchev–Trinajstić information content (AvgIpc) is 2.28. The van der Waals surface area contributed by atoms with Gasteiger partial charge in [-0.2, -0.15) is 0 Å². The molecule has 0 spiro atoms. The van der Waals surface area contributed by atoms with Crippen molar-refractivity contribution >= 4 is 0 Å². The van der Waals surface area contributed by atoms with E-state index in [9.17, 15) is 0 Å². The summed E-state index contributed by atoms with van der Waals surface area (Å²) in [6, 6.07) is 0. The fourth-order valence-electron chi connectivity index (χ4n) is 2.23. The lowest BCUT2D eigenvalue weighted by Crippen LogP contribution is -2.31. The summed E-state index contributed by atoms with van der Waals surface area (Å²) >= 11 is 0. The normalized spacial score (nSPS) is 26.8. The lowest BCUT2D eigenvalue weighted by atomic mass is 9.87. The highest BCUT2D eigenvalue weighted by Gasteiger charge is 2.25. The van der Waals surface area contributed by atoms with Crippen molar-refractivity contribution in [1.82, 2.24) is 0 Å². The number of unbranched alkanes of at least 4 members (excludes halogenated alkanes) is 1. The van der Waals surface area contributed by atoms with Crippen LogP contribution < -0.4 is 0 Å². The quantitative estimate of drug-likeness (QED) is 0.605. The van der Waals surface area contributed by atoms with Crippen LogP contribution in [-0.4, -0.2) is 25.9 Å². The molecule has 1 fully saturated rings. The summed E-state index contributed by atoms with van der Waals surface area (Å²) in [6.45, 7) is 6.94. The second kappa shape index (κ2) is 8.12. The summed E-state index contributed by atoms with van der Waals surface area (Å²) in [5, 5.41) is 0. The van der Waals surface area contributed by atoms with Gasteiger partial charge in [0.25, 0.3) is 0 Å². The number of rotatable bonds is 7.